The van der Waals surface area contributed by atoms with Crippen LogP contribution < -0.4 is 5.73 Å². The number of carboxylic acids is 1. The van der Waals surface area contributed by atoms with Gasteiger partial charge in [-0.2, -0.15) is 0 Å². The third-order valence-electron chi connectivity index (χ3n) is 2.37. The number of carbonyl (C=O) groups excluding carboxylic acids is 2. The zero-order chi connectivity index (χ0) is 15.9. The van der Waals surface area contributed by atoms with E-state index >= 15 is 0 Å². The summed E-state index contributed by atoms with van der Waals surface area (Å²) >= 11 is 0. The smallest absolute Gasteiger partial charge is 0.321 e. The van der Waals surface area contributed by atoms with Gasteiger partial charge in [0.2, 0.25) is 0 Å². The fraction of sp³-hybridized carbons (Fsp3) is 0.700. The Balaban J connectivity index is 4.57. The number of hydrogen-bond donors (Lipinski definition) is 6. The van der Waals surface area contributed by atoms with Crippen LogP contribution in [-0.2, 0) is 19.1 Å². The summed E-state index contributed by atoms with van der Waals surface area (Å²) < 4.78 is 4.44. The largest absolute Gasteiger partial charge is 0.480 e. The van der Waals surface area contributed by atoms with Crippen molar-refractivity contribution < 1.29 is 44.7 Å². The van der Waals surface area contributed by atoms with Crippen LogP contribution >= 0.6 is 0 Å². The van der Waals surface area contributed by atoms with E-state index in [1.165, 1.54) is 0 Å². The van der Waals surface area contributed by atoms with Crippen LogP contribution in [-0.4, -0.2) is 80.8 Å². The molecule has 0 aromatic heterocycles. The molecule has 7 N–H and O–H groups in total. The summed E-state index contributed by atoms with van der Waals surface area (Å²) in [5, 5.41) is 45.0. The van der Waals surface area contributed by atoms with Crippen LogP contribution in [0.4, 0.5) is 0 Å². The molecule has 0 rings (SSSR count). The number of esters is 1. The molecule has 20 heavy (non-hydrogen) atoms. The standard InChI is InChI=1S/C10H17NO9/c11-4(10(18)19)1-7(15)20-6(3-13)9(17)8(16)5(14)2-12/h3-6,8-9,12,14,16-17H,1-2,11H2,(H,18,19)/t4?,5-,6+,8-,9-/m1/s1. The fourth-order valence-electron chi connectivity index (χ4n) is 1.17. The molecule has 0 aliphatic heterocycles. The van der Waals surface area contributed by atoms with Crippen LogP contribution in [0.2, 0.25) is 0 Å². The van der Waals surface area contributed by atoms with E-state index in [1.54, 1.807) is 0 Å². The minimum Gasteiger partial charge on any atom is -0.480 e. The summed E-state index contributed by atoms with van der Waals surface area (Å²) in [4.78, 5) is 32.3. The first-order valence-corrected chi connectivity index (χ1v) is 5.52. The molecule has 0 saturated carbocycles. The summed E-state index contributed by atoms with van der Waals surface area (Å²) in [5.74, 6) is -2.64. The summed E-state index contributed by atoms with van der Waals surface area (Å²) in [6.45, 7) is -0.887. The molecule has 5 atom stereocenters. The Morgan fingerprint density at radius 2 is 1.75 bits per heavy atom. The molecule has 0 bridgehead atoms. The average molecular weight is 295 g/mol. The molecule has 0 heterocycles. The first-order chi connectivity index (χ1) is 9.24. The highest BCUT2D eigenvalue weighted by molar-refractivity contribution is 5.82. The maximum absolute atomic E-state index is 11.3. The van der Waals surface area contributed by atoms with Crippen molar-refractivity contribution in [2.45, 2.75) is 36.9 Å². The molecule has 0 amide bonds. The fourth-order valence-corrected chi connectivity index (χ4v) is 1.17. The van der Waals surface area contributed by atoms with Crippen LogP contribution in [0.5, 0.6) is 0 Å². The number of aliphatic hydroxyl groups excluding tert-OH is 4. The van der Waals surface area contributed by atoms with Gasteiger partial charge < -0.3 is 36.0 Å². The average Bonchev–Trinajstić information content (AvgIpc) is 2.41. The van der Waals surface area contributed by atoms with E-state index in [-0.39, 0.29) is 6.29 Å². The van der Waals surface area contributed by atoms with Crippen molar-refractivity contribution in [1.29, 1.82) is 0 Å². The number of carbonyl (C=O) groups is 3. The molecule has 0 radical (unpaired) electrons. The molecule has 10 heteroatoms. The number of hydrogen-bond acceptors (Lipinski definition) is 9. The van der Waals surface area contributed by atoms with Crippen molar-refractivity contribution in [3.05, 3.63) is 0 Å². The zero-order valence-electron chi connectivity index (χ0n) is 10.3. The SMILES string of the molecule is NC(CC(=O)O[C@@H](C=O)[C@@H](O)[C@H](O)[C@H](O)CO)C(=O)O. The normalized spacial score (nSPS) is 18.4. The number of nitrogens with two attached hydrogens (primary N) is 1. The van der Waals surface area contributed by atoms with E-state index in [2.05, 4.69) is 4.74 Å². The number of rotatable bonds is 9. The lowest BCUT2D eigenvalue weighted by Crippen LogP contribution is -2.48. The highest BCUT2D eigenvalue weighted by Crippen LogP contribution is 2.08. The molecule has 116 valence electrons. The maximum atomic E-state index is 11.3. The molecule has 0 aromatic carbocycles. The summed E-state index contributed by atoms with van der Waals surface area (Å²) in [7, 11) is 0. The van der Waals surface area contributed by atoms with E-state index in [0.29, 0.717) is 0 Å². The van der Waals surface area contributed by atoms with E-state index in [0.717, 1.165) is 0 Å². The second-order valence-corrected chi connectivity index (χ2v) is 3.97. The number of aldehydes is 1. The molecule has 0 saturated heterocycles. The van der Waals surface area contributed by atoms with Crippen molar-refractivity contribution in [2.24, 2.45) is 5.73 Å². The topological polar surface area (TPSA) is 188 Å². The molecule has 0 fully saturated rings. The van der Waals surface area contributed by atoms with Gasteiger partial charge in [-0.25, -0.2) is 0 Å². The Bertz CT molecular complexity index is 348. The van der Waals surface area contributed by atoms with Gasteiger partial charge in [0.15, 0.2) is 12.4 Å². The minimum absolute atomic E-state index is 0.0117. The van der Waals surface area contributed by atoms with Crippen molar-refractivity contribution in [3.63, 3.8) is 0 Å². The van der Waals surface area contributed by atoms with Gasteiger partial charge in [-0.1, -0.05) is 0 Å². The van der Waals surface area contributed by atoms with E-state index in [1.807, 2.05) is 0 Å². The molecule has 10 nitrogen and oxygen atoms in total. The lowest BCUT2D eigenvalue weighted by Gasteiger charge is -2.25. The van der Waals surface area contributed by atoms with Gasteiger partial charge in [0, 0.05) is 0 Å². The summed E-state index contributed by atoms with van der Waals surface area (Å²) in [6, 6.07) is -1.54. The van der Waals surface area contributed by atoms with Gasteiger partial charge in [0.25, 0.3) is 0 Å². The molecule has 0 aromatic rings. The van der Waals surface area contributed by atoms with E-state index in [4.69, 9.17) is 21.1 Å². The predicted molar refractivity (Wildman–Crippen MR) is 61.3 cm³/mol. The number of ether oxygens (including phenoxy) is 1. The van der Waals surface area contributed by atoms with Crippen molar-refractivity contribution in [1.82, 2.24) is 0 Å². The van der Waals surface area contributed by atoms with Crippen LogP contribution in [0.3, 0.4) is 0 Å². The maximum Gasteiger partial charge on any atom is 0.321 e. The van der Waals surface area contributed by atoms with Crippen LogP contribution in [0, 0.1) is 0 Å². The van der Waals surface area contributed by atoms with Crippen molar-refractivity contribution in [2.75, 3.05) is 6.61 Å². The highest BCUT2D eigenvalue weighted by atomic mass is 16.6. The molecular formula is C10H17NO9. The Kier molecular flexibility index (Phi) is 7.87. The zero-order valence-corrected chi connectivity index (χ0v) is 10.3. The highest BCUT2D eigenvalue weighted by Gasteiger charge is 2.34. The van der Waals surface area contributed by atoms with Gasteiger partial charge in [0.05, 0.1) is 13.0 Å². The Labute approximate surface area is 113 Å². The first kappa shape index (κ1) is 18.4. The van der Waals surface area contributed by atoms with Gasteiger partial charge in [0.1, 0.15) is 24.4 Å². The first-order valence-electron chi connectivity index (χ1n) is 5.52. The third-order valence-corrected chi connectivity index (χ3v) is 2.37. The van der Waals surface area contributed by atoms with Gasteiger partial charge >= 0.3 is 11.9 Å². The molecule has 1 unspecified atom stereocenters. The lowest BCUT2D eigenvalue weighted by atomic mass is 10.0. The Morgan fingerprint density at radius 3 is 2.15 bits per heavy atom. The minimum atomic E-state index is -1.99. The van der Waals surface area contributed by atoms with E-state index < -0.39 is 55.4 Å². The van der Waals surface area contributed by atoms with Gasteiger partial charge in [-0.15, -0.1) is 0 Å². The monoisotopic (exact) mass is 295 g/mol. The van der Waals surface area contributed by atoms with Crippen molar-refractivity contribution in [3.8, 4) is 0 Å². The second kappa shape index (κ2) is 8.55. The quantitative estimate of drug-likeness (QED) is 0.180. The van der Waals surface area contributed by atoms with Crippen LogP contribution in [0.15, 0.2) is 0 Å². The molecule has 0 aliphatic carbocycles. The summed E-state index contributed by atoms with van der Waals surface area (Å²) in [6.07, 6.45) is -8.25. The lowest BCUT2D eigenvalue weighted by molar-refractivity contribution is -0.169. The molecule has 0 spiro atoms. The number of aliphatic hydroxyl groups is 4. The van der Waals surface area contributed by atoms with Crippen LogP contribution in [0.1, 0.15) is 6.42 Å². The van der Waals surface area contributed by atoms with Gasteiger partial charge in [-0.3, -0.25) is 14.4 Å². The number of aliphatic carboxylic acids is 1. The van der Waals surface area contributed by atoms with Crippen molar-refractivity contribution >= 4 is 18.2 Å². The summed E-state index contributed by atoms with van der Waals surface area (Å²) in [5.41, 5.74) is 5.07. The Hall–Kier alpha value is -1.59. The third kappa shape index (κ3) is 5.59. The van der Waals surface area contributed by atoms with Gasteiger partial charge in [-0.05, 0) is 0 Å². The Morgan fingerprint density at radius 1 is 1.20 bits per heavy atom. The molecule has 0 aliphatic rings. The van der Waals surface area contributed by atoms with E-state index in [9.17, 15) is 24.6 Å². The second-order valence-electron chi connectivity index (χ2n) is 3.97. The van der Waals surface area contributed by atoms with Crippen LogP contribution in [0.25, 0.3) is 0 Å². The predicted octanol–water partition coefficient (Wildman–Crippen LogP) is -4.03. The molecular weight excluding hydrogens is 278 g/mol. The number of carboxylic acid groups (broad SMARTS) is 1.